The van der Waals surface area contributed by atoms with Crippen molar-refractivity contribution in [3.05, 3.63) is 93.2 Å². The molecule has 0 radical (unpaired) electrons. The van der Waals surface area contributed by atoms with Crippen LogP contribution in [0.5, 0.6) is 0 Å². The van der Waals surface area contributed by atoms with Crippen molar-refractivity contribution in [3.63, 3.8) is 0 Å². The standard InChI is InChI=1S/C21H17Cl3N6S/c22-16-7-3-1-5-14(16)11-29-10-9-19(27-29)25-21(31)26-20-18(24)13-30(28-20)12-15-6-2-4-8-17(15)23/h1-10,13H,11-12H2,(H2,25,26,27,28,31). The molecule has 2 heterocycles. The topological polar surface area (TPSA) is 59.7 Å². The summed E-state index contributed by atoms with van der Waals surface area (Å²) in [6.45, 7) is 1.05. The Kier molecular flexibility index (Phi) is 6.77. The number of nitrogens with one attached hydrogen (secondary N) is 2. The third-order valence-corrected chi connectivity index (χ3v) is 5.63. The molecule has 0 aliphatic rings. The summed E-state index contributed by atoms with van der Waals surface area (Å²) in [4.78, 5) is 0. The molecule has 0 atom stereocenters. The van der Waals surface area contributed by atoms with E-state index in [0.717, 1.165) is 11.1 Å². The highest BCUT2D eigenvalue weighted by atomic mass is 35.5. The maximum absolute atomic E-state index is 6.31. The van der Waals surface area contributed by atoms with Crippen LogP contribution in [0.2, 0.25) is 15.1 Å². The first-order valence-electron chi connectivity index (χ1n) is 9.29. The predicted molar refractivity (Wildman–Crippen MR) is 130 cm³/mol. The van der Waals surface area contributed by atoms with Crippen LogP contribution in [0, 0.1) is 0 Å². The van der Waals surface area contributed by atoms with Crippen LogP contribution in [0.3, 0.4) is 0 Å². The molecular weight excluding hydrogens is 475 g/mol. The molecule has 10 heteroatoms. The molecule has 2 N–H and O–H groups in total. The maximum Gasteiger partial charge on any atom is 0.177 e. The van der Waals surface area contributed by atoms with Gasteiger partial charge in [-0.3, -0.25) is 9.36 Å². The van der Waals surface area contributed by atoms with Crippen LogP contribution >= 0.6 is 47.0 Å². The lowest BCUT2D eigenvalue weighted by molar-refractivity contribution is 0.689. The minimum atomic E-state index is 0.327. The van der Waals surface area contributed by atoms with E-state index < -0.39 is 0 Å². The van der Waals surface area contributed by atoms with E-state index in [1.165, 1.54) is 0 Å². The molecule has 0 bridgehead atoms. The number of nitrogens with zero attached hydrogens (tertiary/aromatic N) is 4. The van der Waals surface area contributed by atoms with Crippen LogP contribution in [0.15, 0.2) is 67.0 Å². The molecule has 0 amide bonds. The van der Waals surface area contributed by atoms with Gasteiger partial charge in [0, 0.05) is 28.5 Å². The first-order valence-corrected chi connectivity index (χ1v) is 10.8. The Morgan fingerprint density at radius 3 is 2.03 bits per heavy atom. The Bertz CT molecular complexity index is 1220. The van der Waals surface area contributed by atoms with E-state index in [9.17, 15) is 0 Å². The summed E-state index contributed by atoms with van der Waals surface area (Å²) in [5, 5.41) is 17.1. The van der Waals surface area contributed by atoms with Gasteiger partial charge < -0.3 is 10.6 Å². The number of aromatic nitrogens is 4. The summed E-state index contributed by atoms with van der Waals surface area (Å²) in [5.74, 6) is 1.04. The van der Waals surface area contributed by atoms with E-state index in [4.69, 9.17) is 47.0 Å². The summed E-state index contributed by atoms with van der Waals surface area (Å²) in [5.41, 5.74) is 1.93. The van der Waals surface area contributed by atoms with Gasteiger partial charge in [0.25, 0.3) is 0 Å². The van der Waals surface area contributed by atoms with Crippen LogP contribution in [0.1, 0.15) is 11.1 Å². The van der Waals surface area contributed by atoms with Crippen molar-refractivity contribution >= 4 is 63.8 Å². The second-order valence-corrected chi connectivity index (χ2v) is 8.31. The Morgan fingerprint density at radius 2 is 1.39 bits per heavy atom. The number of rotatable bonds is 6. The predicted octanol–water partition coefficient (Wildman–Crippen LogP) is 5.95. The summed E-state index contributed by atoms with van der Waals surface area (Å²) in [6, 6.07) is 17.1. The first-order chi connectivity index (χ1) is 15.0. The van der Waals surface area contributed by atoms with Gasteiger partial charge in [0.2, 0.25) is 0 Å². The zero-order chi connectivity index (χ0) is 21.8. The van der Waals surface area contributed by atoms with Gasteiger partial charge in [-0.05, 0) is 35.5 Å². The number of anilines is 2. The second kappa shape index (κ2) is 9.70. The molecule has 4 aromatic rings. The van der Waals surface area contributed by atoms with Gasteiger partial charge in [-0.25, -0.2) is 0 Å². The van der Waals surface area contributed by atoms with Crippen molar-refractivity contribution in [2.45, 2.75) is 13.1 Å². The summed E-state index contributed by atoms with van der Waals surface area (Å²) >= 11 is 24.1. The largest absolute Gasteiger partial charge is 0.316 e. The molecule has 2 aromatic carbocycles. The fraction of sp³-hybridized carbons (Fsp3) is 0.0952. The molecule has 0 aliphatic carbocycles. The molecule has 0 saturated heterocycles. The number of thiocarbonyl (C=S) groups is 1. The normalized spacial score (nSPS) is 10.8. The zero-order valence-corrected chi connectivity index (χ0v) is 19.2. The van der Waals surface area contributed by atoms with Gasteiger partial charge in [0.05, 0.1) is 13.1 Å². The van der Waals surface area contributed by atoms with E-state index in [0.29, 0.717) is 44.9 Å². The number of halogens is 3. The molecule has 4 rings (SSSR count). The average molecular weight is 492 g/mol. The lowest BCUT2D eigenvalue weighted by Crippen LogP contribution is -2.20. The molecule has 0 spiro atoms. The van der Waals surface area contributed by atoms with Crippen LogP contribution in [0.4, 0.5) is 11.6 Å². The molecule has 6 nitrogen and oxygen atoms in total. The minimum absolute atomic E-state index is 0.327. The fourth-order valence-electron chi connectivity index (χ4n) is 2.94. The second-order valence-electron chi connectivity index (χ2n) is 6.68. The third kappa shape index (κ3) is 5.57. The lowest BCUT2D eigenvalue weighted by atomic mass is 10.2. The molecule has 158 valence electrons. The van der Waals surface area contributed by atoms with E-state index >= 15 is 0 Å². The molecule has 0 unspecified atom stereocenters. The zero-order valence-electron chi connectivity index (χ0n) is 16.1. The number of hydrogen-bond donors (Lipinski definition) is 2. The SMILES string of the molecule is S=C(Nc1ccn(Cc2ccccc2Cl)n1)Nc1nn(Cc2ccccc2Cl)cc1Cl. The van der Waals surface area contributed by atoms with Crippen LogP contribution in [-0.4, -0.2) is 24.7 Å². The maximum atomic E-state index is 6.31. The van der Waals surface area contributed by atoms with E-state index in [1.807, 2.05) is 60.8 Å². The Hall–Kier alpha value is -2.58. The van der Waals surface area contributed by atoms with Crippen molar-refractivity contribution < 1.29 is 0 Å². The summed E-state index contributed by atoms with van der Waals surface area (Å²) < 4.78 is 3.48. The van der Waals surface area contributed by atoms with Gasteiger partial charge in [-0.1, -0.05) is 71.2 Å². The molecule has 0 aliphatic heterocycles. The van der Waals surface area contributed by atoms with Crippen molar-refractivity contribution in [1.29, 1.82) is 0 Å². The highest BCUT2D eigenvalue weighted by molar-refractivity contribution is 7.80. The van der Waals surface area contributed by atoms with Crippen LogP contribution in [-0.2, 0) is 13.1 Å². The number of hydrogen-bond acceptors (Lipinski definition) is 3. The van der Waals surface area contributed by atoms with Gasteiger partial charge in [-0.2, -0.15) is 10.2 Å². The summed E-state index contributed by atoms with van der Waals surface area (Å²) in [6.07, 6.45) is 3.56. The van der Waals surface area contributed by atoms with Gasteiger partial charge in [0.15, 0.2) is 16.7 Å². The lowest BCUT2D eigenvalue weighted by Gasteiger charge is -2.07. The van der Waals surface area contributed by atoms with Crippen molar-refractivity contribution in [1.82, 2.24) is 19.6 Å². The number of benzene rings is 2. The highest BCUT2D eigenvalue weighted by Crippen LogP contribution is 2.22. The quantitative estimate of drug-likeness (QED) is 0.327. The molecular formula is C21H17Cl3N6S. The van der Waals surface area contributed by atoms with Crippen LogP contribution in [0.25, 0.3) is 0 Å². The van der Waals surface area contributed by atoms with E-state index in [-0.39, 0.29) is 0 Å². The molecule has 0 fully saturated rings. The van der Waals surface area contributed by atoms with E-state index in [1.54, 1.807) is 15.6 Å². The minimum Gasteiger partial charge on any atom is -0.316 e. The highest BCUT2D eigenvalue weighted by Gasteiger charge is 2.11. The van der Waals surface area contributed by atoms with Gasteiger partial charge in [-0.15, -0.1) is 0 Å². The molecule has 2 aromatic heterocycles. The van der Waals surface area contributed by atoms with Gasteiger partial charge in [0.1, 0.15) is 5.02 Å². The first kappa shape index (κ1) is 21.6. The fourth-order valence-corrected chi connectivity index (χ4v) is 3.73. The van der Waals surface area contributed by atoms with Crippen LogP contribution < -0.4 is 10.6 Å². The van der Waals surface area contributed by atoms with Crippen molar-refractivity contribution in [2.75, 3.05) is 10.6 Å². The molecule has 31 heavy (non-hydrogen) atoms. The Balaban J connectivity index is 1.37. The smallest absolute Gasteiger partial charge is 0.177 e. The van der Waals surface area contributed by atoms with E-state index in [2.05, 4.69) is 20.8 Å². The average Bonchev–Trinajstić information content (AvgIpc) is 3.31. The third-order valence-electron chi connectivity index (χ3n) is 4.41. The summed E-state index contributed by atoms with van der Waals surface area (Å²) in [7, 11) is 0. The Labute approximate surface area is 199 Å². The molecule has 0 saturated carbocycles. The van der Waals surface area contributed by atoms with Gasteiger partial charge >= 0.3 is 0 Å². The van der Waals surface area contributed by atoms with Crippen molar-refractivity contribution in [2.24, 2.45) is 0 Å². The Morgan fingerprint density at radius 1 is 0.774 bits per heavy atom. The monoisotopic (exact) mass is 490 g/mol. The van der Waals surface area contributed by atoms with Crippen molar-refractivity contribution in [3.8, 4) is 0 Å².